The summed E-state index contributed by atoms with van der Waals surface area (Å²) in [6.45, 7) is 5.36. The zero-order valence-corrected chi connectivity index (χ0v) is 10.4. The first-order valence-corrected chi connectivity index (χ1v) is 6.85. The maximum atomic E-state index is 11.8. The van der Waals surface area contributed by atoms with E-state index in [2.05, 4.69) is 21.1 Å². The van der Waals surface area contributed by atoms with Gasteiger partial charge in [0.1, 0.15) is 13.2 Å². The molecule has 0 aliphatic heterocycles. The molecule has 0 aliphatic carbocycles. The molecule has 0 aromatic heterocycles. The quantitative estimate of drug-likeness (QED) is 0.493. The lowest BCUT2D eigenvalue weighted by Gasteiger charge is -2.24. The first-order valence-electron chi connectivity index (χ1n) is 4.86. The van der Waals surface area contributed by atoms with Crippen molar-refractivity contribution < 1.29 is 13.6 Å². The van der Waals surface area contributed by atoms with Gasteiger partial charge >= 0.3 is 0 Å². The third-order valence-electron chi connectivity index (χ3n) is 2.05. The number of hydrogen-bond acceptors (Lipinski definition) is 2. The second-order valence-electron chi connectivity index (χ2n) is 4.29. The molecule has 0 rings (SSSR count). The van der Waals surface area contributed by atoms with E-state index < -0.39 is 7.37 Å². The van der Waals surface area contributed by atoms with E-state index in [9.17, 15) is 4.57 Å². The van der Waals surface area contributed by atoms with Crippen LogP contribution >= 0.6 is 7.37 Å². The first-order chi connectivity index (χ1) is 5.83. The van der Waals surface area contributed by atoms with Crippen LogP contribution in [-0.4, -0.2) is 51.1 Å². The molecule has 0 aliphatic rings. The standard InChI is InChI=1S/C9H23NO2P/c1-6-13(11,7-2)12-9-8-10(3,4)5/h6-9H2,1-5H3/q+1. The van der Waals surface area contributed by atoms with Crippen LogP contribution in [0, 0.1) is 0 Å². The predicted molar refractivity (Wildman–Crippen MR) is 57.5 cm³/mol. The summed E-state index contributed by atoms with van der Waals surface area (Å²) in [7, 11) is 4.03. The smallest absolute Gasteiger partial charge is 0.202 e. The average molecular weight is 208 g/mol. The number of hydrogen-bond donors (Lipinski definition) is 0. The highest BCUT2D eigenvalue weighted by molar-refractivity contribution is 7.58. The van der Waals surface area contributed by atoms with Gasteiger partial charge in [0, 0.05) is 12.3 Å². The van der Waals surface area contributed by atoms with E-state index in [1.54, 1.807) is 0 Å². The Kier molecular flexibility index (Phi) is 5.19. The molecule has 13 heavy (non-hydrogen) atoms. The molecule has 4 heteroatoms. The van der Waals surface area contributed by atoms with Gasteiger partial charge in [-0.2, -0.15) is 0 Å². The molecule has 0 N–H and O–H groups in total. The summed E-state index contributed by atoms with van der Waals surface area (Å²) in [5.41, 5.74) is 0. The van der Waals surface area contributed by atoms with E-state index in [4.69, 9.17) is 4.52 Å². The van der Waals surface area contributed by atoms with Gasteiger partial charge in [0.25, 0.3) is 0 Å². The van der Waals surface area contributed by atoms with Crippen molar-refractivity contribution in [2.24, 2.45) is 0 Å². The largest absolute Gasteiger partial charge is 0.329 e. The second kappa shape index (κ2) is 5.14. The predicted octanol–water partition coefficient (Wildman–Crippen LogP) is 2.03. The topological polar surface area (TPSA) is 26.3 Å². The summed E-state index contributed by atoms with van der Waals surface area (Å²) >= 11 is 0. The van der Waals surface area contributed by atoms with Crippen LogP contribution in [0.5, 0.6) is 0 Å². The van der Waals surface area contributed by atoms with Gasteiger partial charge in [-0.3, -0.25) is 4.57 Å². The van der Waals surface area contributed by atoms with Gasteiger partial charge < -0.3 is 9.01 Å². The number of quaternary nitrogens is 1. The van der Waals surface area contributed by atoms with Gasteiger partial charge in [-0.15, -0.1) is 0 Å². The van der Waals surface area contributed by atoms with Crippen LogP contribution in [0.15, 0.2) is 0 Å². The first kappa shape index (κ1) is 13.2. The van der Waals surface area contributed by atoms with E-state index in [1.165, 1.54) is 0 Å². The Morgan fingerprint density at radius 2 is 1.62 bits per heavy atom. The Hall–Kier alpha value is 0.150. The number of likely N-dealkylation sites (N-methyl/N-ethyl adjacent to an activating group) is 1. The van der Waals surface area contributed by atoms with Crippen LogP contribution in [0.1, 0.15) is 13.8 Å². The molecule has 0 aromatic rings. The van der Waals surface area contributed by atoms with Crippen molar-refractivity contribution >= 4 is 7.37 Å². The zero-order chi connectivity index (χ0) is 10.5. The molecule has 0 saturated carbocycles. The molecule has 0 radical (unpaired) electrons. The fraction of sp³-hybridized carbons (Fsp3) is 1.00. The zero-order valence-electron chi connectivity index (χ0n) is 9.54. The minimum Gasteiger partial charge on any atom is -0.329 e. The van der Waals surface area contributed by atoms with Crippen LogP contribution in [0.25, 0.3) is 0 Å². The van der Waals surface area contributed by atoms with E-state index in [-0.39, 0.29) is 0 Å². The van der Waals surface area contributed by atoms with E-state index >= 15 is 0 Å². The summed E-state index contributed by atoms with van der Waals surface area (Å²) in [6.07, 6.45) is 1.31. The molecule has 0 unspecified atom stereocenters. The average Bonchev–Trinajstić information content (AvgIpc) is 2.02. The second-order valence-corrected chi connectivity index (χ2v) is 7.45. The van der Waals surface area contributed by atoms with Crippen molar-refractivity contribution in [2.45, 2.75) is 13.8 Å². The Morgan fingerprint density at radius 1 is 1.15 bits per heavy atom. The third kappa shape index (κ3) is 6.25. The molecule has 0 atom stereocenters. The van der Waals surface area contributed by atoms with E-state index in [1.807, 2.05) is 13.8 Å². The molecule has 0 spiro atoms. The minimum absolute atomic E-state index is 0.600. The lowest BCUT2D eigenvalue weighted by Crippen LogP contribution is -2.37. The lowest BCUT2D eigenvalue weighted by atomic mass is 10.5. The molecule has 0 aromatic carbocycles. The van der Waals surface area contributed by atoms with Crippen LogP contribution in [0.3, 0.4) is 0 Å². The number of rotatable bonds is 6. The molecule has 3 nitrogen and oxygen atoms in total. The van der Waals surface area contributed by atoms with E-state index in [0.29, 0.717) is 18.9 Å². The SMILES string of the molecule is CCP(=O)(CC)OCC[N+](C)(C)C. The summed E-state index contributed by atoms with van der Waals surface area (Å²) in [5, 5.41) is 0. The van der Waals surface area contributed by atoms with Gasteiger partial charge in [-0.25, -0.2) is 0 Å². The lowest BCUT2D eigenvalue weighted by molar-refractivity contribution is -0.870. The Balaban J connectivity index is 3.82. The summed E-state index contributed by atoms with van der Waals surface area (Å²) in [6, 6.07) is 0. The Morgan fingerprint density at radius 3 is 1.92 bits per heavy atom. The molecule has 0 fully saturated rings. The molecule has 0 saturated heterocycles. The summed E-state index contributed by atoms with van der Waals surface area (Å²) < 4.78 is 18.1. The normalized spacial score (nSPS) is 13.3. The molecule has 80 valence electrons. The Bertz CT molecular complexity index is 179. The molecule has 0 amide bonds. The van der Waals surface area contributed by atoms with Crippen LogP contribution in [0.4, 0.5) is 0 Å². The van der Waals surface area contributed by atoms with Crippen LogP contribution < -0.4 is 0 Å². The van der Waals surface area contributed by atoms with Crippen molar-refractivity contribution in [1.29, 1.82) is 0 Å². The molecule has 0 heterocycles. The number of nitrogens with zero attached hydrogens (tertiary/aromatic N) is 1. The Labute approximate surface area is 82.1 Å². The minimum atomic E-state index is -2.28. The maximum absolute atomic E-state index is 11.8. The highest BCUT2D eigenvalue weighted by atomic mass is 31.2. The molecule has 0 bridgehead atoms. The maximum Gasteiger partial charge on any atom is 0.202 e. The molecular weight excluding hydrogens is 185 g/mol. The van der Waals surface area contributed by atoms with Crippen molar-refractivity contribution in [3.63, 3.8) is 0 Å². The van der Waals surface area contributed by atoms with E-state index in [0.717, 1.165) is 11.0 Å². The van der Waals surface area contributed by atoms with Gasteiger partial charge in [-0.05, 0) is 0 Å². The van der Waals surface area contributed by atoms with Crippen LogP contribution in [-0.2, 0) is 9.09 Å². The van der Waals surface area contributed by atoms with Crippen molar-refractivity contribution in [2.75, 3.05) is 46.6 Å². The van der Waals surface area contributed by atoms with Crippen molar-refractivity contribution in [1.82, 2.24) is 0 Å². The fourth-order valence-corrected chi connectivity index (χ4v) is 2.11. The molecular formula is C9H23NO2P+. The highest BCUT2D eigenvalue weighted by Crippen LogP contribution is 2.45. The summed E-state index contributed by atoms with van der Waals surface area (Å²) in [5.74, 6) is 0. The van der Waals surface area contributed by atoms with Gasteiger partial charge in [0.15, 0.2) is 0 Å². The van der Waals surface area contributed by atoms with Gasteiger partial charge in [0.2, 0.25) is 7.37 Å². The third-order valence-corrected chi connectivity index (χ3v) is 4.63. The monoisotopic (exact) mass is 208 g/mol. The highest BCUT2D eigenvalue weighted by Gasteiger charge is 2.18. The van der Waals surface area contributed by atoms with Crippen molar-refractivity contribution in [3.8, 4) is 0 Å². The summed E-state index contributed by atoms with van der Waals surface area (Å²) in [4.78, 5) is 0. The van der Waals surface area contributed by atoms with Gasteiger partial charge in [-0.1, -0.05) is 13.8 Å². The van der Waals surface area contributed by atoms with Gasteiger partial charge in [0.05, 0.1) is 21.1 Å². The van der Waals surface area contributed by atoms with Crippen molar-refractivity contribution in [3.05, 3.63) is 0 Å². The fourth-order valence-electron chi connectivity index (χ4n) is 0.887. The van der Waals surface area contributed by atoms with Crippen LogP contribution in [0.2, 0.25) is 0 Å².